The molecular formula is C25H52O2. The summed E-state index contributed by atoms with van der Waals surface area (Å²) in [6.45, 7) is 8.81. The number of hydrogen-bond donors (Lipinski definition) is 1. The summed E-state index contributed by atoms with van der Waals surface area (Å²) in [6.07, 6.45) is 24.9. The fraction of sp³-hybridized carbons (Fsp3) is 1.00. The van der Waals surface area contributed by atoms with E-state index in [1.54, 1.807) is 0 Å². The normalized spacial score (nSPS) is 13.2. The van der Waals surface area contributed by atoms with Crippen LogP contribution in [0.25, 0.3) is 0 Å². The van der Waals surface area contributed by atoms with Crippen LogP contribution in [0.5, 0.6) is 0 Å². The van der Waals surface area contributed by atoms with Crippen LogP contribution < -0.4 is 0 Å². The first-order valence-corrected chi connectivity index (χ1v) is 12.3. The Morgan fingerprint density at radius 2 is 1.04 bits per heavy atom. The molecule has 0 aliphatic heterocycles. The minimum absolute atomic E-state index is 0.332. The average Bonchev–Trinajstić information content (AvgIpc) is 2.60. The summed E-state index contributed by atoms with van der Waals surface area (Å²) in [4.78, 5) is 0. The zero-order chi connectivity index (χ0) is 20.2. The molecule has 0 fully saturated rings. The Morgan fingerprint density at radius 3 is 1.41 bits per heavy atom. The zero-order valence-electron chi connectivity index (χ0n) is 19.4. The van der Waals surface area contributed by atoms with E-state index in [4.69, 9.17) is 4.74 Å². The highest BCUT2D eigenvalue weighted by Gasteiger charge is 2.12. The second-order valence-corrected chi connectivity index (χ2v) is 9.34. The van der Waals surface area contributed by atoms with Gasteiger partial charge >= 0.3 is 0 Å². The van der Waals surface area contributed by atoms with Crippen LogP contribution in [-0.4, -0.2) is 23.4 Å². The predicted octanol–water partition coefficient (Wildman–Crippen LogP) is 8.20. The van der Waals surface area contributed by atoms with E-state index >= 15 is 0 Å². The molecule has 0 saturated heterocycles. The van der Waals surface area contributed by atoms with Crippen LogP contribution in [0.15, 0.2) is 0 Å². The number of ether oxygens (including phenoxy) is 1. The van der Waals surface area contributed by atoms with Crippen molar-refractivity contribution in [2.75, 3.05) is 6.61 Å². The van der Waals surface area contributed by atoms with Gasteiger partial charge in [0, 0.05) is 6.61 Å². The Kier molecular flexibility index (Phi) is 19.2. The fourth-order valence-corrected chi connectivity index (χ4v) is 3.57. The van der Waals surface area contributed by atoms with Crippen LogP contribution >= 0.6 is 0 Å². The van der Waals surface area contributed by atoms with E-state index in [1.165, 1.54) is 103 Å². The molecule has 0 heterocycles. The second kappa shape index (κ2) is 19.2. The Hall–Kier alpha value is -0.0800. The number of aliphatic hydroxyl groups is 1. The van der Waals surface area contributed by atoms with Crippen molar-refractivity contribution in [3.63, 3.8) is 0 Å². The van der Waals surface area contributed by atoms with Gasteiger partial charge in [0.1, 0.15) is 0 Å². The van der Waals surface area contributed by atoms with Gasteiger partial charge in [0.2, 0.25) is 0 Å². The lowest BCUT2D eigenvalue weighted by Crippen LogP contribution is -2.22. The average molecular weight is 385 g/mol. The molecular weight excluding hydrogens is 332 g/mol. The topological polar surface area (TPSA) is 29.5 Å². The summed E-state index contributed by atoms with van der Waals surface area (Å²) < 4.78 is 5.78. The number of hydrogen-bond acceptors (Lipinski definition) is 2. The minimum atomic E-state index is -0.603. The van der Waals surface area contributed by atoms with E-state index in [9.17, 15) is 5.11 Å². The van der Waals surface area contributed by atoms with Crippen molar-refractivity contribution < 1.29 is 9.84 Å². The molecule has 2 heteroatoms. The standard InChI is InChI=1S/C25H52O2/c1-5-6-7-8-9-10-11-12-13-14-15-16-17-18-19-20-21-24(2)27-23-22-25(3,4)26/h24,26H,5-23H2,1-4H3. The monoisotopic (exact) mass is 384 g/mol. The number of rotatable bonds is 21. The summed E-state index contributed by atoms with van der Waals surface area (Å²) in [5.74, 6) is 0. The second-order valence-electron chi connectivity index (χ2n) is 9.34. The Labute approximate surface area is 171 Å². The van der Waals surface area contributed by atoms with Crippen LogP contribution in [0.2, 0.25) is 0 Å². The SMILES string of the molecule is CCCCCCCCCCCCCCCCCCC(C)OCCC(C)(C)O. The molecule has 2 nitrogen and oxygen atoms in total. The third-order valence-electron chi connectivity index (χ3n) is 5.58. The maximum atomic E-state index is 9.68. The fourth-order valence-electron chi connectivity index (χ4n) is 3.57. The van der Waals surface area contributed by atoms with Crippen molar-refractivity contribution in [1.29, 1.82) is 0 Å². The molecule has 0 amide bonds. The first-order valence-electron chi connectivity index (χ1n) is 12.3. The molecule has 0 bridgehead atoms. The zero-order valence-corrected chi connectivity index (χ0v) is 19.4. The van der Waals surface area contributed by atoms with Crippen LogP contribution in [-0.2, 0) is 4.74 Å². The minimum Gasteiger partial charge on any atom is -0.390 e. The lowest BCUT2D eigenvalue weighted by molar-refractivity contribution is 0.00130. The molecule has 1 unspecified atom stereocenters. The van der Waals surface area contributed by atoms with Gasteiger partial charge in [-0.3, -0.25) is 0 Å². The molecule has 0 saturated carbocycles. The van der Waals surface area contributed by atoms with Crippen molar-refractivity contribution in [3.05, 3.63) is 0 Å². The van der Waals surface area contributed by atoms with Crippen LogP contribution in [0.3, 0.4) is 0 Å². The first-order chi connectivity index (χ1) is 13.0. The van der Waals surface area contributed by atoms with Crippen molar-refractivity contribution in [2.24, 2.45) is 0 Å². The third kappa shape index (κ3) is 23.9. The van der Waals surface area contributed by atoms with Crippen molar-refractivity contribution >= 4 is 0 Å². The van der Waals surface area contributed by atoms with Gasteiger partial charge in [0.05, 0.1) is 11.7 Å². The lowest BCUT2D eigenvalue weighted by atomic mass is 10.0. The Morgan fingerprint density at radius 1 is 0.667 bits per heavy atom. The lowest BCUT2D eigenvalue weighted by Gasteiger charge is -2.19. The summed E-state index contributed by atoms with van der Waals surface area (Å²) in [5.41, 5.74) is -0.603. The van der Waals surface area contributed by atoms with Gasteiger partial charge in [-0.2, -0.15) is 0 Å². The molecule has 0 rings (SSSR count). The van der Waals surface area contributed by atoms with Gasteiger partial charge in [-0.05, 0) is 33.6 Å². The van der Waals surface area contributed by atoms with Gasteiger partial charge in [-0.15, -0.1) is 0 Å². The van der Waals surface area contributed by atoms with E-state index in [0.717, 1.165) is 12.8 Å². The first kappa shape index (κ1) is 26.9. The Balaban J connectivity index is 3.14. The van der Waals surface area contributed by atoms with E-state index in [2.05, 4.69) is 13.8 Å². The van der Waals surface area contributed by atoms with Crippen molar-refractivity contribution in [3.8, 4) is 0 Å². The highest BCUT2D eigenvalue weighted by Crippen LogP contribution is 2.15. The summed E-state index contributed by atoms with van der Waals surface area (Å²) in [7, 11) is 0. The largest absolute Gasteiger partial charge is 0.390 e. The molecule has 0 spiro atoms. The third-order valence-corrected chi connectivity index (χ3v) is 5.58. The molecule has 1 N–H and O–H groups in total. The molecule has 164 valence electrons. The molecule has 27 heavy (non-hydrogen) atoms. The van der Waals surface area contributed by atoms with Gasteiger partial charge in [0.25, 0.3) is 0 Å². The highest BCUT2D eigenvalue weighted by atomic mass is 16.5. The molecule has 0 aliphatic carbocycles. The van der Waals surface area contributed by atoms with Crippen LogP contribution in [0.4, 0.5) is 0 Å². The van der Waals surface area contributed by atoms with Gasteiger partial charge < -0.3 is 9.84 Å². The van der Waals surface area contributed by atoms with E-state index in [0.29, 0.717) is 12.7 Å². The number of unbranched alkanes of at least 4 members (excludes halogenated alkanes) is 15. The van der Waals surface area contributed by atoms with E-state index in [1.807, 2.05) is 13.8 Å². The van der Waals surface area contributed by atoms with E-state index < -0.39 is 5.60 Å². The Bertz CT molecular complexity index is 283. The maximum Gasteiger partial charge on any atom is 0.0613 e. The van der Waals surface area contributed by atoms with Gasteiger partial charge in [-0.1, -0.05) is 110 Å². The summed E-state index contributed by atoms with van der Waals surface area (Å²) in [6, 6.07) is 0. The summed E-state index contributed by atoms with van der Waals surface area (Å²) in [5, 5.41) is 9.68. The molecule has 0 radical (unpaired) electrons. The highest BCUT2D eigenvalue weighted by molar-refractivity contribution is 4.64. The summed E-state index contributed by atoms with van der Waals surface area (Å²) >= 11 is 0. The maximum absolute atomic E-state index is 9.68. The predicted molar refractivity (Wildman–Crippen MR) is 120 cm³/mol. The van der Waals surface area contributed by atoms with Gasteiger partial charge in [0.15, 0.2) is 0 Å². The smallest absolute Gasteiger partial charge is 0.0613 e. The van der Waals surface area contributed by atoms with Crippen LogP contribution in [0.1, 0.15) is 143 Å². The molecule has 0 aromatic rings. The van der Waals surface area contributed by atoms with Crippen molar-refractivity contribution in [1.82, 2.24) is 0 Å². The molecule has 0 aromatic heterocycles. The van der Waals surface area contributed by atoms with Gasteiger partial charge in [-0.25, -0.2) is 0 Å². The van der Waals surface area contributed by atoms with Crippen molar-refractivity contribution in [2.45, 2.75) is 155 Å². The quantitative estimate of drug-likeness (QED) is 0.202. The molecule has 1 atom stereocenters. The molecule has 0 aromatic carbocycles. The van der Waals surface area contributed by atoms with E-state index in [-0.39, 0.29) is 0 Å². The molecule has 0 aliphatic rings. The van der Waals surface area contributed by atoms with Crippen LogP contribution in [0, 0.1) is 0 Å².